The number of carboxylic acids is 1. The fourth-order valence-electron chi connectivity index (χ4n) is 1.45. The fourth-order valence-corrected chi connectivity index (χ4v) is 2.08. The Morgan fingerprint density at radius 1 is 1.50 bits per heavy atom. The highest BCUT2D eigenvalue weighted by molar-refractivity contribution is 7.08. The molecular weight excluding hydrogens is 282 g/mol. The van der Waals surface area contributed by atoms with Crippen molar-refractivity contribution in [2.45, 2.75) is 13.0 Å². The van der Waals surface area contributed by atoms with Gasteiger partial charge in [-0.3, -0.25) is 9.59 Å². The molecular formula is C11H13N5O3S. The summed E-state index contributed by atoms with van der Waals surface area (Å²) in [6, 6.07) is 1.87. The summed E-state index contributed by atoms with van der Waals surface area (Å²) in [7, 11) is 1.54. The molecule has 0 unspecified atom stereocenters. The van der Waals surface area contributed by atoms with E-state index in [2.05, 4.69) is 15.4 Å². The number of rotatable bonds is 6. The van der Waals surface area contributed by atoms with E-state index in [0.29, 0.717) is 5.82 Å². The molecule has 9 heteroatoms. The number of likely N-dealkylation sites (N-methyl/N-ethyl adjacent to an activating group) is 1. The van der Waals surface area contributed by atoms with Crippen LogP contribution in [0.4, 0.5) is 0 Å². The first-order chi connectivity index (χ1) is 9.56. The van der Waals surface area contributed by atoms with E-state index in [9.17, 15) is 9.59 Å². The number of hydrogen-bond acceptors (Lipinski definition) is 6. The predicted molar refractivity (Wildman–Crippen MR) is 71.0 cm³/mol. The second-order valence-corrected chi connectivity index (χ2v) is 4.89. The Hall–Kier alpha value is -2.29. The van der Waals surface area contributed by atoms with Crippen LogP contribution in [0.3, 0.4) is 0 Å². The third-order valence-electron chi connectivity index (χ3n) is 2.60. The molecule has 0 atom stereocenters. The molecule has 0 radical (unpaired) electrons. The van der Waals surface area contributed by atoms with Crippen molar-refractivity contribution in [3.8, 4) is 11.4 Å². The molecule has 1 N–H and O–H groups in total. The second-order valence-electron chi connectivity index (χ2n) is 4.11. The first-order valence-electron chi connectivity index (χ1n) is 5.82. The summed E-state index contributed by atoms with van der Waals surface area (Å²) in [5, 5.41) is 24.1. The van der Waals surface area contributed by atoms with Gasteiger partial charge in [-0.2, -0.15) is 16.1 Å². The van der Waals surface area contributed by atoms with Gasteiger partial charge in [0.25, 0.3) is 0 Å². The van der Waals surface area contributed by atoms with E-state index in [0.717, 1.165) is 5.56 Å². The molecule has 0 spiro atoms. The second kappa shape index (κ2) is 6.24. The van der Waals surface area contributed by atoms with E-state index < -0.39 is 5.97 Å². The molecule has 0 fully saturated rings. The van der Waals surface area contributed by atoms with Crippen molar-refractivity contribution in [3.63, 3.8) is 0 Å². The molecule has 0 aliphatic carbocycles. The van der Waals surface area contributed by atoms with Gasteiger partial charge in [-0.1, -0.05) is 0 Å². The van der Waals surface area contributed by atoms with E-state index in [-0.39, 0.29) is 25.4 Å². The number of tetrazole rings is 1. The van der Waals surface area contributed by atoms with Gasteiger partial charge in [-0.15, -0.1) is 10.2 Å². The van der Waals surface area contributed by atoms with Crippen molar-refractivity contribution in [1.29, 1.82) is 0 Å². The highest BCUT2D eigenvalue weighted by Crippen LogP contribution is 2.16. The van der Waals surface area contributed by atoms with E-state index in [1.165, 1.54) is 21.0 Å². The van der Waals surface area contributed by atoms with Crippen LogP contribution in [-0.4, -0.2) is 55.7 Å². The minimum atomic E-state index is -0.941. The maximum atomic E-state index is 11.8. The normalized spacial score (nSPS) is 10.4. The van der Waals surface area contributed by atoms with Crippen LogP contribution in [0.1, 0.15) is 6.42 Å². The molecule has 2 heterocycles. The lowest BCUT2D eigenvalue weighted by Gasteiger charge is -2.14. The number of aromatic nitrogens is 4. The zero-order chi connectivity index (χ0) is 14.5. The summed E-state index contributed by atoms with van der Waals surface area (Å²) < 4.78 is 0. The van der Waals surface area contributed by atoms with Crippen molar-refractivity contribution in [2.75, 3.05) is 13.6 Å². The Balaban J connectivity index is 1.93. The lowest BCUT2D eigenvalue weighted by atomic mass is 10.3. The number of carbonyl (C=O) groups excluding carboxylic acids is 1. The summed E-state index contributed by atoms with van der Waals surface area (Å²) in [5.74, 6) is -0.740. The Bertz CT molecular complexity index is 595. The standard InChI is InChI=1S/C11H13N5O3S/c1-15(4-2-10(18)19)9(17)6-16-13-11(12-14-16)8-3-5-20-7-8/h3,5,7H,2,4,6H2,1H3,(H,18,19). The van der Waals surface area contributed by atoms with E-state index >= 15 is 0 Å². The summed E-state index contributed by atoms with van der Waals surface area (Å²) in [5.41, 5.74) is 0.855. The Morgan fingerprint density at radius 2 is 2.30 bits per heavy atom. The number of thiophene rings is 1. The zero-order valence-corrected chi connectivity index (χ0v) is 11.6. The molecule has 20 heavy (non-hydrogen) atoms. The molecule has 0 aliphatic rings. The summed E-state index contributed by atoms with van der Waals surface area (Å²) >= 11 is 1.52. The predicted octanol–water partition coefficient (Wildman–Crippen LogP) is 0.335. The number of amides is 1. The zero-order valence-electron chi connectivity index (χ0n) is 10.8. The van der Waals surface area contributed by atoms with E-state index in [1.54, 1.807) is 7.05 Å². The number of carbonyl (C=O) groups is 2. The van der Waals surface area contributed by atoms with Gasteiger partial charge in [-0.05, 0) is 16.7 Å². The van der Waals surface area contributed by atoms with Crippen molar-refractivity contribution < 1.29 is 14.7 Å². The van der Waals surface area contributed by atoms with Crippen LogP contribution < -0.4 is 0 Å². The highest BCUT2D eigenvalue weighted by atomic mass is 32.1. The third-order valence-corrected chi connectivity index (χ3v) is 3.28. The monoisotopic (exact) mass is 295 g/mol. The summed E-state index contributed by atoms with van der Waals surface area (Å²) in [6.07, 6.45) is -0.0901. The Morgan fingerprint density at radius 3 is 2.95 bits per heavy atom. The van der Waals surface area contributed by atoms with E-state index in [4.69, 9.17) is 5.11 Å². The molecule has 0 saturated carbocycles. The van der Waals surface area contributed by atoms with Crippen LogP contribution in [0.15, 0.2) is 16.8 Å². The SMILES string of the molecule is CN(CCC(=O)O)C(=O)Cn1nnc(-c2ccsc2)n1. The van der Waals surface area contributed by atoms with Gasteiger partial charge < -0.3 is 10.0 Å². The molecule has 0 bridgehead atoms. The van der Waals surface area contributed by atoms with Crippen molar-refractivity contribution >= 4 is 23.2 Å². The van der Waals surface area contributed by atoms with E-state index in [1.807, 2.05) is 16.8 Å². The first kappa shape index (κ1) is 14.1. The van der Waals surface area contributed by atoms with Crippen molar-refractivity contribution in [1.82, 2.24) is 25.1 Å². The maximum absolute atomic E-state index is 11.8. The van der Waals surface area contributed by atoms with Crippen LogP contribution in [0, 0.1) is 0 Å². The average Bonchev–Trinajstić information content (AvgIpc) is 3.05. The largest absolute Gasteiger partial charge is 0.481 e. The van der Waals surface area contributed by atoms with Gasteiger partial charge in [0.05, 0.1) is 6.42 Å². The van der Waals surface area contributed by atoms with Crippen LogP contribution in [0.5, 0.6) is 0 Å². The smallest absolute Gasteiger partial charge is 0.305 e. The molecule has 2 aromatic heterocycles. The van der Waals surface area contributed by atoms with Gasteiger partial charge in [-0.25, -0.2) is 0 Å². The first-order valence-corrected chi connectivity index (χ1v) is 6.76. The third kappa shape index (κ3) is 3.60. The van der Waals surface area contributed by atoms with Gasteiger partial charge >= 0.3 is 5.97 Å². The maximum Gasteiger partial charge on any atom is 0.305 e. The molecule has 2 rings (SSSR count). The van der Waals surface area contributed by atoms with Crippen molar-refractivity contribution in [3.05, 3.63) is 16.8 Å². The average molecular weight is 295 g/mol. The van der Waals surface area contributed by atoms with Gasteiger partial charge in [0.15, 0.2) is 0 Å². The van der Waals surface area contributed by atoms with Crippen molar-refractivity contribution in [2.24, 2.45) is 0 Å². The Labute approximate surface area is 118 Å². The molecule has 0 aromatic carbocycles. The fraction of sp³-hybridized carbons (Fsp3) is 0.364. The van der Waals surface area contributed by atoms with Gasteiger partial charge in [0.2, 0.25) is 11.7 Å². The lowest BCUT2D eigenvalue weighted by molar-refractivity contribution is -0.138. The summed E-state index contributed by atoms with van der Waals surface area (Å²) in [6.45, 7) is 0.0908. The molecule has 1 amide bonds. The number of aliphatic carboxylic acids is 1. The minimum absolute atomic E-state index is 0.0622. The van der Waals surface area contributed by atoms with Crippen LogP contribution in [0.2, 0.25) is 0 Å². The molecule has 0 aliphatic heterocycles. The highest BCUT2D eigenvalue weighted by Gasteiger charge is 2.13. The minimum Gasteiger partial charge on any atom is -0.481 e. The lowest BCUT2D eigenvalue weighted by Crippen LogP contribution is -2.32. The Kier molecular flexibility index (Phi) is 4.41. The van der Waals surface area contributed by atoms with Crippen LogP contribution >= 0.6 is 11.3 Å². The van der Waals surface area contributed by atoms with Gasteiger partial charge in [0, 0.05) is 24.5 Å². The van der Waals surface area contributed by atoms with Gasteiger partial charge in [0.1, 0.15) is 6.54 Å². The number of nitrogens with zero attached hydrogens (tertiary/aromatic N) is 5. The molecule has 0 saturated heterocycles. The molecule has 106 valence electrons. The molecule has 8 nitrogen and oxygen atoms in total. The van der Waals surface area contributed by atoms with Crippen LogP contribution in [-0.2, 0) is 16.1 Å². The topological polar surface area (TPSA) is 101 Å². The quantitative estimate of drug-likeness (QED) is 0.824. The molecule has 2 aromatic rings. The number of hydrogen-bond donors (Lipinski definition) is 1. The number of carboxylic acid groups (broad SMARTS) is 1. The summed E-state index contributed by atoms with van der Waals surface area (Å²) in [4.78, 5) is 24.8. The van der Waals surface area contributed by atoms with Crippen LogP contribution in [0.25, 0.3) is 11.4 Å².